The number of hydrogen-bond donors (Lipinski definition) is 3. The molecule has 1 aromatic carbocycles. The van der Waals surface area contributed by atoms with Crippen LogP contribution in [0.5, 0.6) is 0 Å². The molecule has 0 spiro atoms. The van der Waals surface area contributed by atoms with E-state index in [9.17, 15) is 4.79 Å². The van der Waals surface area contributed by atoms with Crippen LogP contribution < -0.4 is 11.1 Å². The van der Waals surface area contributed by atoms with Crippen LogP contribution in [0.1, 0.15) is 31.7 Å². The minimum Gasteiger partial charge on any atom is -0.396 e. The number of amides is 1. The highest BCUT2D eigenvalue weighted by atomic mass is 16.2. The molecule has 0 aliphatic carbocycles. The first-order valence-corrected chi connectivity index (χ1v) is 6.85. The Morgan fingerprint density at radius 1 is 1.47 bits per heavy atom. The number of aliphatic hydroxyl groups is 1. The van der Waals surface area contributed by atoms with Gasteiger partial charge in [0.25, 0.3) is 0 Å². The summed E-state index contributed by atoms with van der Waals surface area (Å²) in [6.07, 6.45) is 2.88. The Hall–Kier alpha value is -1.39. The van der Waals surface area contributed by atoms with Crippen molar-refractivity contribution < 1.29 is 9.90 Å². The largest absolute Gasteiger partial charge is 0.396 e. The maximum absolute atomic E-state index is 11.8. The predicted octanol–water partition coefficient (Wildman–Crippen LogP) is 1.93. The Morgan fingerprint density at radius 3 is 2.95 bits per heavy atom. The Kier molecular flexibility index (Phi) is 7.15. The highest BCUT2D eigenvalue weighted by molar-refractivity contribution is 5.90. The fourth-order valence-corrected chi connectivity index (χ4v) is 1.81. The summed E-state index contributed by atoms with van der Waals surface area (Å²) in [7, 11) is 0. The third kappa shape index (κ3) is 6.36. The Labute approximate surface area is 115 Å². The molecule has 0 saturated carbocycles. The molecule has 0 radical (unpaired) electrons. The Morgan fingerprint density at radius 2 is 2.26 bits per heavy atom. The summed E-state index contributed by atoms with van der Waals surface area (Å²) in [5.41, 5.74) is 7.47. The first-order valence-electron chi connectivity index (χ1n) is 6.85. The van der Waals surface area contributed by atoms with Crippen LogP contribution in [0.25, 0.3) is 0 Å². The summed E-state index contributed by atoms with van der Waals surface area (Å²) in [4.78, 5) is 11.8. The van der Waals surface area contributed by atoms with E-state index in [4.69, 9.17) is 10.8 Å². The summed E-state index contributed by atoms with van der Waals surface area (Å²) in [6, 6.07) is 7.76. The number of carbonyl (C=O) groups is 1. The zero-order valence-electron chi connectivity index (χ0n) is 11.6. The van der Waals surface area contributed by atoms with E-state index < -0.39 is 0 Å². The molecule has 4 nitrogen and oxygen atoms in total. The van der Waals surface area contributed by atoms with Crippen LogP contribution in [0.3, 0.4) is 0 Å². The maximum atomic E-state index is 11.8. The third-order valence-electron chi connectivity index (χ3n) is 3.10. The second kappa shape index (κ2) is 8.67. The lowest BCUT2D eigenvalue weighted by atomic mass is 10.1. The van der Waals surface area contributed by atoms with Crippen molar-refractivity contribution in [1.82, 2.24) is 0 Å². The van der Waals surface area contributed by atoms with Crippen LogP contribution in [-0.2, 0) is 11.2 Å². The number of nitrogens with two attached hydrogens (primary N) is 1. The van der Waals surface area contributed by atoms with Gasteiger partial charge in [0, 0.05) is 18.7 Å². The Bertz CT molecular complexity index is 393. The normalized spacial score (nSPS) is 12.2. The lowest BCUT2D eigenvalue weighted by molar-refractivity contribution is -0.116. The lowest BCUT2D eigenvalue weighted by Crippen LogP contribution is -2.16. The van der Waals surface area contributed by atoms with Crippen molar-refractivity contribution in [3.63, 3.8) is 0 Å². The van der Waals surface area contributed by atoms with Gasteiger partial charge in [-0.05, 0) is 49.4 Å². The van der Waals surface area contributed by atoms with Gasteiger partial charge in [-0.3, -0.25) is 4.79 Å². The number of carbonyl (C=O) groups excluding carboxylic acids is 1. The van der Waals surface area contributed by atoms with E-state index in [2.05, 4.69) is 5.32 Å². The van der Waals surface area contributed by atoms with Crippen LogP contribution in [0, 0.1) is 5.92 Å². The molecular formula is C15H24N2O2. The minimum absolute atomic E-state index is 0.0274. The van der Waals surface area contributed by atoms with E-state index in [1.165, 1.54) is 0 Å². The van der Waals surface area contributed by atoms with Gasteiger partial charge in [-0.25, -0.2) is 0 Å². The Balaban J connectivity index is 2.45. The molecule has 19 heavy (non-hydrogen) atoms. The van der Waals surface area contributed by atoms with Crippen LogP contribution in [0.15, 0.2) is 24.3 Å². The quantitative estimate of drug-likeness (QED) is 0.671. The van der Waals surface area contributed by atoms with Gasteiger partial charge in [-0.15, -0.1) is 0 Å². The molecule has 1 rings (SSSR count). The highest BCUT2D eigenvalue weighted by Gasteiger charge is 2.06. The molecular weight excluding hydrogens is 240 g/mol. The molecule has 0 bridgehead atoms. The predicted molar refractivity (Wildman–Crippen MR) is 77.9 cm³/mol. The number of anilines is 1. The van der Waals surface area contributed by atoms with Gasteiger partial charge in [0.2, 0.25) is 5.91 Å². The minimum atomic E-state index is 0.0274. The fraction of sp³-hybridized carbons (Fsp3) is 0.533. The van der Waals surface area contributed by atoms with E-state index in [0.29, 0.717) is 18.9 Å². The van der Waals surface area contributed by atoms with Crippen molar-refractivity contribution in [3.8, 4) is 0 Å². The third-order valence-corrected chi connectivity index (χ3v) is 3.10. The smallest absolute Gasteiger partial charge is 0.224 e. The number of nitrogens with one attached hydrogen (secondary N) is 1. The molecule has 1 unspecified atom stereocenters. The number of aliphatic hydroxyl groups excluding tert-OH is 1. The summed E-state index contributed by atoms with van der Waals surface area (Å²) < 4.78 is 0. The maximum Gasteiger partial charge on any atom is 0.224 e. The van der Waals surface area contributed by atoms with Crippen LogP contribution >= 0.6 is 0 Å². The molecule has 4 N–H and O–H groups in total. The molecule has 0 aliphatic rings. The highest BCUT2D eigenvalue weighted by Crippen LogP contribution is 2.13. The molecule has 1 atom stereocenters. The summed E-state index contributed by atoms with van der Waals surface area (Å²) >= 11 is 0. The number of benzene rings is 1. The average Bonchev–Trinajstić information content (AvgIpc) is 2.43. The molecule has 106 valence electrons. The van der Waals surface area contributed by atoms with E-state index in [0.717, 1.165) is 30.5 Å². The van der Waals surface area contributed by atoms with E-state index in [1.54, 1.807) is 0 Å². The van der Waals surface area contributed by atoms with Gasteiger partial charge in [0.05, 0.1) is 0 Å². The first kappa shape index (κ1) is 15.7. The van der Waals surface area contributed by atoms with Crippen molar-refractivity contribution in [2.75, 3.05) is 18.5 Å². The summed E-state index contributed by atoms with van der Waals surface area (Å²) in [5.74, 6) is 0.404. The van der Waals surface area contributed by atoms with Crippen LogP contribution in [0.4, 0.5) is 5.69 Å². The SMILES string of the molecule is CC(CN)CCC(=O)Nc1cccc(CCCO)c1. The second-order valence-electron chi connectivity index (χ2n) is 4.96. The number of rotatable bonds is 8. The van der Waals surface area contributed by atoms with E-state index >= 15 is 0 Å². The fourth-order valence-electron chi connectivity index (χ4n) is 1.81. The number of aryl methyl sites for hydroxylation is 1. The molecule has 1 amide bonds. The molecule has 0 fully saturated rings. The van der Waals surface area contributed by atoms with Gasteiger partial charge in [0.15, 0.2) is 0 Å². The van der Waals surface area contributed by atoms with Crippen molar-refractivity contribution in [2.24, 2.45) is 11.7 Å². The standard InChI is InChI=1S/C15H24N2O2/c1-12(11-16)7-8-15(19)17-14-6-2-4-13(10-14)5-3-9-18/h2,4,6,10,12,18H,3,5,7-9,11,16H2,1H3,(H,17,19). The summed E-state index contributed by atoms with van der Waals surface area (Å²) in [6.45, 7) is 2.85. The van der Waals surface area contributed by atoms with Gasteiger partial charge in [0.1, 0.15) is 0 Å². The van der Waals surface area contributed by atoms with Gasteiger partial charge in [-0.1, -0.05) is 19.1 Å². The molecule has 0 aliphatic heterocycles. The monoisotopic (exact) mass is 264 g/mol. The van der Waals surface area contributed by atoms with Crippen molar-refractivity contribution in [1.29, 1.82) is 0 Å². The van der Waals surface area contributed by atoms with Gasteiger partial charge < -0.3 is 16.2 Å². The molecule has 4 heteroatoms. The first-order chi connectivity index (χ1) is 9.15. The zero-order valence-corrected chi connectivity index (χ0v) is 11.6. The number of hydrogen-bond acceptors (Lipinski definition) is 3. The molecule has 0 heterocycles. The van der Waals surface area contributed by atoms with Gasteiger partial charge >= 0.3 is 0 Å². The van der Waals surface area contributed by atoms with Crippen molar-refractivity contribution >= 4 is 11.6 Å². The summed E-state index contributed by atoms with van der Waals surface area (Å²) in [5, 5.41) is 11.7. The lowest BCUT2D eigenvalue weighted by Gasteiger charge is -2.09. The van der Waals surface area contributed by atoms with Crippen LogP contribution in [0.2, 0.25) is 0 Å². The zero-order chi connectivity index (χ0) is 14.1. The van der Waals surface area contributed by atoms with E-state index in [-0.39, 0.29) is 12.5 Å². The molecule has 0 aromatic heterocycles. The van der Waals surface area contributed by atoms with Crippen molar-refractivity contribution in [3.05, 3.63) is 29.8 Å². The van der Waals surface area contributed by atoms with Crippen LogP contribution in [-0.4, -0.2) is 24.2 Å². The molecule has 0 saturated heterocycles. The van der Waals surface area contributed by atoms with Crippen molar-refractivity contribution in [2.45, 2.75) is 32.6 Å². The average molecular weight is 264 g/mol. The van der Waals surface area contributed by atoms with Gasteiger partial charge in [-0.2, -0.15) is 0 Å². The molecule has 1 aromatic rings. The topological polar surface area (TPSA) is 75.4 Å². The van der Waals surface area contributed by atoms with E-state index in [1.807, 2.05) is 31.2 Å². The second-order valence-corrected chi connectivity index (χ2v) is 4.96.